The number of benzene rings is 1. The van der Waals surface area contributed by atoms with E-state index < -0.39 is 54.5 Å². The first-order valence-electron chi connectivity index (χ1n) is 10.8. The molecule has 0 heterocycles. The second-order valence-corrected chi connectivity index (χ2v) is 8.00. The Hall–Kier alpha value is -3.36. The van der Waals surface area contributed by atoms with Gasteiger partial charge < -0.3 is 43.4 Å². The minimum Gasteiger partial charge on any atom is -0.480 e. The summed E-state index contributed by atoms with van der Waals surface area (Å²) in [6, 6.07) is 4.24. The van der Waals surface area contributed by atoms with Crippen LogP contribution in [0.4, 0.5) is 0 Å². The Morgan fingerprint density at radius 3 is 2.06 bits per heavy atom. The van der Waals surface area contributed by atoms with Gasteiger partial charge in [0.05, 0.1) is 12.6 Å². The third kappa shape index (κ3) is 11.1. The normalized spacial score (nSPS) is 14.0. The number of hydrogen-bond acceptors (Lipinski definition) is 8. The quantitative estimate of drug-likeness (QED) is 0.0506. The van der Waals surface area contributed by atoms with Crippen molar-refractivity contribution in [2.75, 3.05) is 18.9 Å². The van der Waals surface area contributed by atoms with E-state index >= 15 is 0 Å². The molecule has 0 aliphatic rings. The van der Waals surface area contributed by atoms with Crippen molar-refractivity contribution in [3.05, 3.63) is 35.9 Å². The van der Waals surface area contributed by atoms with Crippen LogP contribution in [0.1, 0.15) is 18.4 Å². The Bertz CT molecular complexity index is 882. The summed E-state index contributed by atoms with van der Waals surface area (Å²) >= 11 is 4.06. The number of nitrogens with zero attached hydrogens (tertiary/aromatic N) is 1. The van der Waals surface area contributed by atoms with Crippen LogP contribution in [0.3, 0.4) is 0 Å². The van der Waals surface area contributed by atoms with E-state index in [2.05, 4.69) is 33.6 Å². The number of guanidine groups is 1. The summed E-state index contributed by atoms with van der Waals surface area (Å²) in [4.78, 5) is 52.7. The highest BCUT2D eigenvalue weighted by molar-refractivity contribution is 7.80. The molecule has 4 atom stereocenters. The minimum absolute atomic E-state index is 0.0125. The van der Waals surface area contributed by atoms with Crippen LogP contribution in [0.5, 0.6) is 0 Å². The summed E-state index contributed by atoms with van der Waals surface area (Å²) in [6.07, 6.45) is 0.524. The molecule has 0 fully saturated rings. The number of carbonyl (C=O) groups excluding carboxylic acids is 3. The highest BCUT2D eigenvalue weighted by atomic mass is 32.1. The summed E-state index contributed by atoms with van der Waals surface area (Å²) in [6.45, 7) is -0.642. The first-order chi connectivity index (χ1) is 16.6. The zero-order chi connectivity index (χ0) is 26.4. The topological polar surface area (TPSA) is 235 Å². The highest BCUT2D eigenvalue weighted by Crippen LogP contribution is 2.03. The van der Waals surface area contributed by atoms with Crippen molar-refractivity contribution in [1.29, 1.82) is 0 Å². The summed E-state index contributed by atoms with van der Waals surface area (Å²) in [5.41, 5.74) is 17.2. The monoisotopic (exact) mass is 511 g/mol. The lowest BCUT2D eigenvalue weighted by Gasteiger charge is -2.23. The van der Waals surface area contributed by atoms with Crippen molar-refractivity contribution in [1.82, 2.24) is 16.0 Å². The van der Waals surface area contributed by atoms with E-state index in [1.165, 1.54) is 0 Å². The number of rotatable bonds is 15. The third-order valence-electron chi connectivity index (χ3n) is 4.83. The molecule has 0 bridgehead atoms. The Morgan fingerprint density at radius 1 is 0.943 bits per heavy atom. The van der Waals surface area contributed by atoms with E-state index in [1.54, 1.807) is 0 Å². The average molecular weight is 512 g/mol. The van der Waals surface area contributed by atoms with E-state index in [-0.39, 0.29) is 37.5 Å². The summed E-state index contributed by atoms with van der Waals surface area (Å²) < 4.78 is 0. The fraction of sp³-hybridized carbons (Fsp3) is 0.476. The zero-order valence-corrected chi connectivity index (χ0v) is 20.0. The molecular formula is C21H33N7O6S. The summed E-state index contributed by atoms with van der Waals surface area (Å²) in [5, 5.41) is 25.9. The van der Waals surface area contributed by atoms with Crippen LogP contribution >= 0.6 is 12.6 Å². The van der Waals surface area contributed by atoms with Crippen molar-refractivity contribution in [2.24, 2.45) is 22.2 Å². The molecular weight excluding hydrogens is 478 g/mol. The second kappa shape index (κ2) is 15.5. The fourth-order valence-corrected chi connectivity index (χ4v) is 3.19. The molecule has 0 aromatic heterocycles. The van der Waals surface area contributed by atoms with E-state index in [9.17, 15) is 29.4 Å². The molecule has 14 heteroatoms. The number of nitrogens with one attached hydrogen (secondary N) is 3. The van der Waals surface area contributed by atoms with Gasteiger partial charge in [0.1, 0.15) is 18.1 Å². The number of hydrogen-bond donors (Lipinski definition) is 9. The number of nitrogens with two attached hydrogens (primary N) is 3. The Morgan fingerprint density at radius 2 is 1.51 bits per heavy atom. The molecule has 0 spiro atoms. The minimum atomic E-state index is -1.46. The maximum absolute atomic E-state index is 12.6. The number of carboxylic acid groups (broad SMARTS) is 1. The number of carbonyl (C=O) groups is 4. The van der Waals surface area contributed by atoms with Crippen LogP contribution in [0.25, 0.3) is 0 Å². The highest BCUT2D eigenvalue weighted by Gasteiger charge is 2.29. The number of carboxylic acids is 1. The predicted octanol–water partition coefficient (Wildman–Crippen LogP) is -2.93. The van der Waals surface area contributed by atoms with E-state index in [0.29, 0.717) is 0 Å². The van der Waals surface area contributed by atoms with Gasteiger partial charge in [-0.2, -0.15) is 12.6 Å². The molecule has 13 nitrogen and oxygen atoms in total. The molecule has 0 aliphatic heterocycles. The van der Waals surface area contributed by atoms with Gasteiger partial charge in [-0.3, -0.25) is 19.4 Å². The van der Waals surface area contributed by atoms with Gasteiger partial charge in [-0.05, 0) is 24.8 Å². The van der Waals surface area contributed by atoms with Gasteiger partial charge in [0.2, 0.25) is 17.7 Å². The first kappa shape index (κ1) is 29.7. The van der Waals surface area contributed by atoms with E-state index in [1.807, 2.05) is 30.3 Å². The zero-order valence-electron chi connectivity index (χ0n) is 19.1. The number of aliphatic imine (C=N–C) groups is 1. The van der Waals surface area contributed by atoms with Crippen LogP contribution in [-0.4, -0.2) is 82.9 Å². The van der Waals surface area contributed by atoms with Crippen molar-refractivity contribution in [2.45, 2.75) is 43.4 Å². The van der Waals surface area contributed by atoms with Gasteiger partial charge in [0.25, 0.3) is 0 Å². The Balaban J connectivity index is 2.68. The SMILES string of the molecule is NC(N)=NCCCC(NC(=O)C(CO)NC(=O)C(CS)NC(=O)C(N)Cc1ccccc1)C(=O)O. The standard InChI is InChI=1S/C21H33N7O6S/c22-13(9-12-5-2-1-3-6-12)17(30)28-16(11-35)19(32)27-15(10-29)18(31)26-14(20(33)34)7-4-8-25-21(23)24/h1-3,5-6,13-16,29,35H,4,7-11,22H2,(H,26,31)(H,27,32)(H,28,30)(H,33,34)(H4,23,24,25). The molecule has 0 aliphatic carbocycles. The van der Waals surface area contributed by atoms with Gasteiger partial charge in [0.15, 0.2) is 5.96 Å². The molecule has 194 valence electrons. The average Bonchev–Trinajstić information content (AvgIpc) is 2.82. The molecule has 1 aromatic carbocycles. The van der Waals surface area contributed by atoms with Crippen molar-refractivity contribution in [3.8, 4) is 0 Å². The predicted molar refractivity (Wildman–Crippen MR) is 132 cm³/mol. The Kier molecular flexibility index (Phi) is 13.2. The molecule has 4 unspecified atom stereocenters. The third-order valence-corrected chi connectivity index (χ3v) is 5.19. The number of thiol groups is 1. The van der Waals surface area contributed by atoms with Gasteiger partial charge in [-0.1, -0.05) is 30.3 Å². The molecule has 35 heavy (non-hydrogen) atoms. The lowest BCUT2D eigenvalue weighted by molar-refractivity contribution is -0.142. The van der Waals surface area contributed by atoms with Crippen LogP contribution in [0.15, 0.2) is 35.3 Å². The lowest BCUT2D eigenvalue weighted by atomic mass is 10.1. The molecule has 0 radical (unpaired) electrons. The molecule has 0 saturated heterocycles. The number of aliphatic hydroxyl groups excluding tert-OH is 1. The maximum Gasteiger partial charge on any atom is 0.326 e. The summed E-state index contributed by atoms with van der Waals surface area (Å²) in [7, 11) is 0. The number of aliphatic carboxylic acids is 1. The largest absolute Gasteiger partial charge is 0.480 e. The second-order valence-electron chi connectivity index (χ2n) is 7.63. The van der Waals surface area contributed by atoms with Gasteiger partial charge in [-0.25, -0.2) is 4.79 Å². The van der Waals surface area contributed by atoms with Gasteiger partial charge in [0, 0.05) is 12.3 Å². The van der Waals surface area contributed by atoms with E-state index in [4.69, 9.17) is 17.2 Å². The van der Waals surface area contributed by atoms with Crippen LogP contribution < -0.4 is 33.2 Å². The van der Waals surface area contributed by atoms with Crippen molar-refractivity contribution in [3.63, 3.8) is 0 Å². The molecule has 0 saturated carbocycles. The molecule has 1 aromatic rings. The molecule has 3 amide bonds. The summed E-state index contributed by atoms with van der Waals surface area (Å²) in [5.74, 6) is -3.87. The first-order valence-corrected chi connectivity index (χ1v) is 11.4. The van der Waals surface area contributed by atoms with Gasteiger partial charge >= 0.3 is 5.97 Å². The number of amides is 3. The molecule has 11 N–H and O–H groups in total. The van der Waals surface area contributed by atoms with Crippen molar-refractivity contribution < 1.29 is 29.4 Å². The van der Waals surface area contributed by atoms with Gasteiger partial charge in [-0.15, -0.1) is 0 Å². The maximum atomic E-state index is 12.6. The Labute approximate surface area is 208 Å². The smallest absolute Gasteiger partial charge is 0.326 e. The molecule has 1 rings (SSSR count). The van der Waals surface area contributed by atoms with Crippen LogP contribution in [-0.2, 0) is 25.6 Å². The lowest BCUT2D eigenvalue weighted by Crippen LogP contribution is -2.58. The fourth-order valence-electron chi connectivity index (χ4n) is 2.93. The van der Waals surface area contributed by atoms with E-state index in [0.717, 1.165) is 5.56 Å². The number of aliphatic hydroxyl groups is 1. The van der Waals surface area contributed by atoms with Crippen LogP contribution in [0.2, 0.25) is 0 Å². The van der Waals surface area contributed by atoms with Crippen LogP contribution in [0, 0.1) is 0 Å². The van der Waals surface area contributed by atoms with Crippen molar-refractivity contribution >= 4 is 42.3 Å².